The third-order valence-corrected chi connectivity index (χ3v) is 3.61. The fraction of sp³-hybridized carbons (Fsp3) is 1.00. The van der Waals surface area contributed by atoms with Crippen molar-refractivity contribution >= 4 is 0 Å². The number of hydrogen-bond acceptors (Lipinski definition) is 3. The molecule has 3 unspecified atom stereocenters. The van der Waals surface area contributed by atoms with E-state index in [0.29, 0.717) is 12.1 Å². The van der Waals surface area contributed by atoms with Crippen molar-refractivity contribution in [3.63, 3.8) is 0 Å². The molecule has 1 aliphatic rings. The Morgan fingerprint density at radius 1 is 1.47 bits per heavy atom. The summed E-state index contributed by atoms with van der Waals surface area (Å²) < 4.78 is 0. The molecule has 0 aliphatic carbocycles. The lowest BCUT2D eigenvalue weighted by atomic mass is 9.96. The molecule has 2 N–H and O–H groups in total. The van der Waals surface area contributed by atoms with Crippen LogP contribution in [0.2, 0.25) is 0 Å². The summed E-state index contributed by atoms with van der Waals surface area (Å²) in [4.78, 5) is 2.46. The fourth-order valence-corrected chi connectivity index (χ4v) is 2.40. The Hall–Kier alpha value is -0.120. The average Bonchev–Trinajstić information content (AvgIpc) is 2.28. The van der Waals surface area contributed by atoms with Crippen LogP contribution in [-0.2, 0) is 0 Å². The molecule has 0 radical (unpaired) electrons. The molecule has 0 bridgehead atoms. The standard InChI is InChI=1S/C12H26N2O/c1-4-11(15)9-14-8-6-5-7-12(14)10(2)13-3/h10-13,15H,4-9H2,1-3H3. The zero-order valence-corrected chi connectivity index (χ0v) is 10.4. The van der Waals surface area contributed by atoms with Gasteiger partial charge >= 0.3 is 0 Å². The molecule has 0 saturated carbocycles. The maximum absolute atomic E-state index is 9.72. The normalized spacial score (nSPS) is 27.6. The van der Waals surface area contributed by atoms with E-state index >= 15 is 0 Å². The molecule has 1 rings (SSSR count). The Kier molecular flexibility index (Phi) is 5.58. The van der Waals surface area contributed by atoms with Crippen molar-refractivity contribution in [2.75, 3.05) is 20.1 Å². The first-order chi connectivity index (χ1) is 7.19. The van der Waals surface area contributed by atoms with Crippen LogP contribution in [0.1, 0.15) is 39.5 Å². The number of rotatable bonds is 5. The van der Waals surface area contributed by atoms with E-state index in [-0.39, 0.29) is 6.10 Å². The molecule has 1 aliphatic heterocycles. The third kappa shape index (κ3) is 3.74. The monoisotopic (exact) mass is 214 g/mol. The van der Waals surface area contributed by atoms with Crippen LogP contribution in [0.5, 0.6) is 0 Å². The molecule has 3 atom stereocenters. The van der Waals surface area contributed by atoms with Crippen LogP contribution in [0.15, 0.2) is 0 Å². The summed E-state index contributed by atoms with van der Waals surface area (Å²) in [5.41, 5.74) is 0. The fourth-order valence-electron chi connectivity index (χ4n) is 2.40. The van der Waals surface area contributed by atoms with Gasteiger partial charge in [-0.3, -0.25) is 4.90 Å². The van der Waals surface area contributed by atoms with Crippen LogP contribution < -0.4 is 5.32 Å². The number of aliphatic hydroxyl groups is 1. The predicted octanol–water partition coefficient (Wildman–Crippen LogP) is 1.22. The van der Waals surface area contributed by atoms with Gasteiger partial charge in [-0.15, -0.1) is 0 Å². The van der Waals surface area contributed by atoms with Gasteiger partial charge in [-0.25, -0.2) is 0 Å². The number of likely N-dealkylation sites (N-methyl/N-ethyl adjacent to an activating group) is 1. The van der Waals surface area contributed by atoms with Gasteiger partial charge in [0.15, 0.2) is 0 Å². The van der Waals surface area contributed by atoms with E-state index in [2.05, 4.69) is 17.1 Å². The van der Waals surface area contributed by atoms with E-state index in [0.717, 1.165) is 19.5 Å². The number of nitrogens with one attached hydrogen (secondary N) is 1. The Labute approximate surface area is 93.9 Å². The lowest BCUT2D eigenvalue weighted by molar-refractivity contribution is 0.0541. The van der Waals surface area contributed by atoms with Crippen LogP contribution in [-0.4, -0.2) is 48.3 Å². The lowest BCUT2D eigenvalue weighted by Crippen LogP contribution is -2.52. The first kappa shape index (κ1) is 12.9. The van der Waals surface area contributed by atoms with Gasteiger partial charge in [0.05, 0.1) is 6.10 Å². The smallest absolute Gasteiger partial charge is 0.0664 e. The van der Waals surface area contributed by atoms with Crippen LogP contribution >= 0.6 is 0 Å². The zero-order valence-electron chi connectivity index (χ0n) is 10.4. The summed E-state index contributed by atoms with van der Waals surface area (Å²) in [5, 5.41) is 13.1. The summed E-state index contributed by atoms with van der Waals surface area (Å²) in [6.45, 7) is 6.27. The second-order valence-corrected chi connectivity index (χ2v) is 4.70. The van der Waals surface area contributed by atoms with Crippen molar-refractivity contribution in [2.24, 2.45) is 0 Å². The van der Waals surface area contributed by atoms with E-state index in [4.69, 9.17) is 0 Å². The van der Waals surface area contributed by atoms with Gasteiger partial charge in [-0.1, -0.05) is 13.3 Å². The number of hydrogen-bond donors (Lipinski definition) is 2. The summed E-state index contributed by atoms with van der Waals surface area (Å²) >= 11 is 0. The molecule has 0 aromatic carbocycles. The highest BCUT2D eigenvalue weighted by atomic mass is 16.3. The second-order valence-electron chi connectivity index (χ2n) is 4.70. The highest BCUT2D eigenvalue weighted by molar-refractivity contribution is 4.85. The highest BCUT2D eigenvalue weighted by Crippen LogP contribution is 2.20. The average molecular weight is 214 g/mol. The molecule has 0 amide bonds. The van der Waals surface area contributed by atoms with Crippen molar-refractivity contribution in [1.29, 1.82) is 0 Å². The van der Waals surface area contributed by atoms with E-state index in [1.54, 1.807) is 0 Å². The minimum atomic E-state index is -0.158. The van der Waals surface area contributed by atoms with Gasteiger partial charge in [0.2, 0.25) is 0 Å². The highest BCUT2D eigenvalue weighted by Gasteiger charge is 2.27. The molecular formula is C12H26N2O. The van der Waals surface area contributed by atoms with Crippen LogP contribution in [0.3, 0.4) is 0 Å². The quantitative estimate of drug-likeness (QED) is 0.722. The Morgan fingerprint density at radius 2 is 2.20 bits per heavy atom. The maximum Gasteiger partial charge on any atom is 0.0664 e. The summed E-state index contributed by atoms with van der Waals surface area (Å²) in [6, 6.07) is 1.12. The first-order valence-electron chi connectivity index (χ1n) is 6.28. The number of piperidine rings is 1. The van der Waals surface area contributed by atoms with Crippen molar-refractivity contribution in [3.05, 3.63) is 0 Å². The van der Waals surface area contributed by atoms with Gasteiger partial charge in [0.25, 0.3) is 0 Å². The summed E-state index contributed by atoms with van der Waals surface area (Å²) in [7, 11) is 2.02. The molecule has 0 spiro atoms. The maximum atomic E-state index is 9.72. The first-order valence-corrected chi connectivity index (χ1v) is 6.28. The Bertz CT molecular complexity index is 175. The summed E-state index contributed by atoms with van der Waals surface area (Å²) in [6.07, 6.45) is 4.57. The molecule has 1 heterocycles. The van der Waals surface area contributed by atoms with Crippen LogP contribution in [0.4, 0.5) is 0 Å². The largest absolute Gasteiger partial charge is 0.392 e. The van der Waals surface area contributed by atoms with Crippen molar-refractivity contribution in [1.82, 2.24) is 10.2 Å². The molecule has 15 heavy (non-hydrogen) atoms. The SMILES string of the molecule is CCC(O)CN1CCCCC1C(C)NC. The van der Waals surface area contributed by atoms with E-state index in [1.165, 1.54) is 19.3 Å². The van der Waals surface area contributed by atoms with E-state index in [9.17, 15) is 5.11 Å². The Morgan fingerprint density at radius 3 is 2.80 bits per heavy atom. The molecule has 3 nitrogen and oxygen atoms in total. The zero-order chi connectivity index (χ0) is 11.3. The van der Waals surface area contributed by atoms with Crippen LogP contribution in [0.25, 0.3) is 0 Å². The van der Waals surface area contributed by atoms with Crippen molar-refractivity contribution < 1.29 is 5.11 Å². The molecule has 3 heteroatoms. The molecule has 0 aromatic rings. The number of aliphatic hydroxyl groups excluding tert-OH is 1. The third-order valence-electron chi connectivity index (χ3n) is 3.61. The van der Waals surface area contributed by atoms with Gasteiger partial charge in [0, 0.05) is 18.6 Å². The molecular weight excluding hydrogens is 188 g/mol. The molecule has 1 saturated heterocycles. The Balaban J connectivity index is 2.49. The van der Waals surface area contributed by atoms with Gasteiger partial charge in [-0.2, -0.15) is 0 Å². The number of β-amino-alcohol motifs (C(OH)–C–C–N with tert-alkyl or cyclic N) is 1. The number of likely N-dealkylation sites (tertiary alicyclic amines) is 1. The van der Waals surface area contributed by atoms with E-state index < -0.39 is 0 Å². The minimum absolute atomic E-state index is 0.158. The summed E-state index contributed by atoms with van der Waals surface area (Å²) in [5.74, 6) is 0. The molecule has 90 valence electrons. The molecule has 0 aromatic heterocycles. The lowest BCUT2D eigenvalue weighted by Gasteiger charge is -2.40. The topological polar surface area (TPSA) is 35.5 Å². The van der Waals surface area contributed by atoms with Crippen molar-refractivity contribution in [2.45, 2.75) is 57.7 Å². The molecule has 1 fully saturated rings. The van der Waals surface area contributed by atoms with Gasteiger partial charge < -0.3 is 10.4 Å². The number of nitrogens with zero attached hydrogens (tertiary/aromatic N) is 1. The van der Waals surface area contributed by atoms with Crippen LogP contribution in [0, 0.1) is 0 Å². The minimum Gasteiger partial charge on any atom is -0.392 e. The predicted molar refractivity (Wildman–Crippen MR) is 64.0 cm³/mol. The van der Waals surface area contributed by atoms with Gasteiger partial charge in [-0.05, 0) is 39.8 Å². The van der Waals surface area contributed by atoms with Gasteiger partial charge in [0.1, 0.15) is 0 Å². The second kappa shape index (κ2) is 6.46. The van der Waals surface area contributed by atoms with Crippen molar-refractivity contribution in [3.8, 4) is 0 Å². The van der Waals surface area contributed by atoms with E-state index in [1.807, 2.05) is 14.0 Å².